The van der Waals surface area contributed by atoms with Crippen LogP contribution in [0.5, 0.6) is 5.75 Å². The lowest BCUT2D eigenvalue weighted by molar-refractivity contribution is 0.276. The molecule has 3 rings (SSSR count). The van der Waals surface area contributed by atoms with Crippen LogP contribution in [0, 0.1) is 11.8 Å². The van der Waals surface area contributed by atoms with Crippen molar-refractivity contribution in [2.24, 2.45) is 11.8 Å². The Balaban J connectivity index is 1.96. The molecule has 0 saturated carbocycles. The van der Waals surface area contributed by atoms with E-state index in [2.05, 4.69) is 50.1 Å². The van der Waals surface area contributed by atoms with E-state index in [0.29, 0.717) is 17.9 Å². The zero-order chi connectivity index (χ0) is 17.3. The second kappa shape index (κ2) is 7.18. The minimum atomic E-state index is 0.528. The molecule has 2 aromatic rings. The number of nitrogens with one attached hydrogen (secondary N) is 2. The number of fused-ring (bicyclic) bond motifs is 3. The number of hydrogen-bond donors (Lipinski definition) is 2. The zero-order valence-corrected chi connectivity index (χ0v) is 15.8. The first-order valence-corrected chi connectivity index (χ1v) is 9.47. The van der Waals surface area contributed by atoms with Gasteiger partial charge in [0.25, 0.3) is 0 Å². The summed E-state index contributed by atoms with van der Waals surface area (Å²) >= 11 is 0. The molecule has 0 fully saturated rings. The molecule has 0 spiro atoms. The van der Waals surface area contributed by atoms with Crippen molar-refractivity contribution in [2.45, 2.75) is 58.9 Å². The first kappa shape index (κ1) is 17.3. The molecule has 1 aliphatic heterocycles. The minimum Gasteiger partial charge on any atom is -0.497 e. The van der Waals surface area contributed by atoms with Crippen molar-refractivity contribution in [3.05, 3.63) is 29.5 Å². The Morgan fingerprint density at radius 2 is 2.08 bits per heavy atom. The Bertz CT molecular complexity index is 690. The van der Waals surface area contributed by atoms with E-state index in [0.717, 1.165) is 24.6 Å². The van der Waals surface area contributed by atoms with Gasteiger partial charge < -0.3 is 15.0 Å². The second-order valence-corrected chi connectivity index (χ2v) is 7.64. The van der Waals surface area contributed by atoms with Gasteiger partial charge in [0.2, 0.25) is 0 Å². The van der Waals surface area contributed by atoms with E-state index < -0.39 is 0 Å². The molecule has 4 atom stereocenters. The van der Waals surface area contributed by atoms with Crippen LogP contribution >= 0.6 is 0 Å². The van der Waals surface area contributed by atoms with Gasteiger partial charge in [-0.2, -0.15) is 0 Å². The average Bonchev–Trinajstić information content (AvgIpc) is 2.95. The maximum atomic E-state index is 5.43. The van der Waals surface area contributed by atoms with Gasteiger partial charge in [-0.15, -0.1) is 0 Å². The average molecular weight is 329 g/mol. The van der Waals surface area contributed by atoms with Crippen LogP contribution in [0.4, 0.5) is 0 Å². The Kier molecular flexibility index (Phi) is 5.19. The van der Waals surface area contributed by atoms with Gasteiger partial charge in [-0.1, -0.05) is 34.1 Å². The number of benzene rings is 1. The summed E-state index contributed by atoms with van der Waals surface area (Å²) in [7, 11) is 1.74. The lowest BCUT2D eigenvalue weighted by Gasteiger charge is -2.34. The van der Waals surface area contributed by atoms with Crippen molar-refractivity contribution in [1.29, 1.82) is 0 Å². The van der Waals surface area contributed by atoms with E-state index in [1.54, 1.807) is 7.11 Å². The molecule has 1 unspecified atom stereocenters. The third-order valence-corrected chi connectivity index (χ3v) is 6.16. The number of hydrogen-bond acceptors (Lipinski definition) is 2. The van der Waals surface area contributed by atoms with Crippen LogP contribution in [0.2, 0.25) is 0 Å². The number of rotatable bonds is 4. The lowest BCUT2D eigenvalue weighted by Crippen LogP contribution is -2.41. The Morgan fingerprint density at radius 1 is 1.29 bits per heavy atom. The van der Waals surface area contributed by atoms with Crippen molar-refractivity contribution < 1.29 is 4.74 Å². The van der Waals surface area contributed by atoms with Gasteiger partial charge in [-0.25, -0.2) is 0 Å². The van der Waals surface area contributed by atoms with Gasteiger partial charge >= 0.3 is 0 Å². The standard InChI is InChI=1S/C21H32N2O/c1-6-13(2)11-20-14(3)15(4)21-17(9-10-22-20)18-12-16(24-5)7-8-19(18)23-21/h7-8,12-15,20,22-23H,6,9-11H2,1-5H3/t13-,14-,15-,20?/m0/s1. The first-order chi connectivity index (χ1) is 11.5. The zero-order valence-electron chi connectivity index (χ0n) is 15.8. The van der Waals surface area contributed by atoms with Gasteiger partial charge in [0.1, 0.15) is 5.75 Å². The van der Waals surface area contributed by atoms with Gasteiger partial charge in [-0.05, 0) is 55.0 Å². The summed E-state index contributed by atoms with van der Waals surface area (Å²) in [4.78, 5) is 3.72. The topological polar surface area (TPSA) is 37.0 Å². The van der Waals surface area contributed by atoms with Gasteiger partial charge in [-0.3, -0.25) is 0 Å². The highest BCUT2D eigenvalue weighted by molar-refractivity contribution is 5.86. The third-order valence-electron chi connectivity index (χ3n) is 6.16. The van der Waals surface area contributed by atoms with Crippen molar-refractivity contribution in [3.63, 3.8) is 0 Å². The van der Waals surface area contributed by atoms with E-state index in [-0.39, 0.29) is 0 Å². The fraction of sp³-hybridized carbons (Fsp3) is 0.619. The highest BCUT2D eigenvalue weighted by Crippen LogP contribution is 2.37. The number of aromatic amines is 1. The van der Waals surface area contributed by atoms with Crippen LogP contribution in [0.15, 0.2) is 18.2 Å². The Morgan fingerprint density at radius 3 is 2.79 bits per heavy atom. The molecule has 1 aromatic heterocycles. The molecule has 2 heterocycles. The van der Waals surface area contributed by atoms with Crippen molar-refractivity contribution in [1.82, 2.24) is 10.3 Å². The lowest BCUT2D eigenvalue weighted by atomic mass is 9.79. The van der Waals surface area contributed by atoms with Crippen LogP contribution in [0.3, 0.4) is 0 Å². The molecule has 132 valence electrons. The number of methoxy groups -OCH3 is 1. The fourth-order valence-electron chi connectivity index (χ4n) is 4.11. The van der Waals surface area contributed by atoms with Crippen molar-refractivity contribution in [2.75, 3.05) is 13.7 Å². The smallest absolute Gasteiger partial charge is 0.119 e. The predicted molar refractivity (Wildman–Crippen MR) is 102 cm³/mol. The highest BCUT2D eigenvalue weighted by Gasteiger charge is 2.30. The molecule has 1 aliphatic rings. The number of ether oxygens (including phenoxy) is 1. The monoisotopic (exact) mass is 328 g/mol. The SMILES string of the molecule is CC[C@H](C)CC1NCCc2c([nH]c3ccc(OC)cc23)[C@@H](C)[C@@H]1C. The Labute approximate surface area is 146 Å². The first-order valence-electron chi connectivity index (χ1n) is 9.47. The van der Waals surface area contributed by atoms with E-state index in [1.807, 2.05) is 6.07 Å². The second-order valence-electron chi connectivity index (χ2n) is 7.64. The van der Waals surface area contributed by atoms with E-state index >= 15 is 0 Å². The van der Waals surface area contributed by atoms with E-state index in [9.17, 15) is 0 Å². The van der Waals surface area contributed by atoms with E-state index in [4.69, 9.17) is 4.74 Å². The molecule has 0 bridgehead atoms. The van der Waals surface area contributed by atoms with Crippen LogP contribution in [0.25, 0.3) is 10.9 Å². The molecular formula is C21H32N2O. The largest absolute Gasteiger partial charge is 0.497 e. The molecule has 0 aliphatic carbocycles. The quantitative estimate of drug-likeness (QED) is 0.840. The third kappa shape index (κ3) is 3.19. The summed E-state index contributed by atoms with van der Waals surface area (Å²) in [5.41, 5.74) is 4.14. The van der Waals surface area contributed by atoms with Crippen molar-refractivity contribution >= 4 is 10.9 Å². The van der Waals surface area contributed by atoms with Crippen molar-refractivity contribution in [3.8, 4) is 5.75 Å². The highest BCUT2D eigenvalue weighted by atomic mass is 16.5. The fourth-order valence-corrected chi connectivity index (χ4v) is 4.11. The summed E-state index contributed by atoms with van der Waals surface area (Å²) in [5, 5.41) is 5.17. The van der Waals surface area contributed by atoms with Crippen LogP contribution in [-0.4, -0.2) is 24.7 Å². The number of aromatic nitrogens is 1. The number of H-pyrrole nitrogens is 1. The molecule has 2 N–H and O–H groups in total. The van der Waals surface area contributed by atoms with Crippen LogP contribution in [-0.2, 0) is 6.42 Å². The molecule has 3 nitrogen and oxygen atoms in total. The normalized spacial score (nSPS) is 25.8. The molecule has 24 heavy (non-hydrogen) atoms. The van der Waals surface area contributed by atoms with Crippen LogP contribution in [0.1, 0.15) is 57.7 Å². The molecule has 0 radical (unpaired) electrons. The van der Waals surface area contributed by atoms with Gasteiger partial charge in [0.05, 0.1) is 7.11 Å². The van der Waals surface area contributed by atoms with Gasteiger partial charge in [0, 0.05) is 28.6 Å². The van der Waals surface area contributed by atoms with Gasteiger partial charge in [0.15, 0.2) is 0 Å². The van der Waals surface area contributed by atoms with Crippen LogP contribution < -0.4 is 10.1 Å². The summed E-state index contributed by atoms with van der Waals surface area (Å²) in [6.45, 7) is 10.5. The summed E-state index contributed by atoms with van der Waals surface area (Å²) in [5.74, 6) is 2.87. The molecular weight excluding hydrogens is 296 g/mol. The maximum absolute atomic E-state index is 5.43. The maximum Gasteiger partial charge on any atom is 0.119 e. The molecule has 0 saturated heterocycles. The Hall–Kier alpha value is -1.48. The minimum absolute atomic E-state index is 0.528. The summed E-state index contributed by atoms with van der Waals surface area (Å²) in [6, 6.07) is 6.98. The summed E-state index contributed by atoms with van der Waals surface area (Å²) in [6.07, 6.45) is 3.61. The molecule has 0 amide bonds. The summed E-state index contributed by atoms with van der Waals surface area (Å²) < 4.78 is 5.43. The van der Waals surface area contributed by atoms with E-state index in [1.165, 1.54) is 35.0 Å². The molecule has 1 aromatic carbocycles. The molecule has 3 heteroatoms. The predicted octanol–water partition coefficient (Wildman–Crippen LogP) is 4.87.